The SMILES string of the molecule is Cl.NCc1nnc2ccc(=O)[nH]n12. The standard InChI is InChI=1S/C6H7N5O.ClH/c7-3-5-9-8-4-1-2-6(12)10-11(4)5;/h1-2H,3,7H2,(H,10,12);1H. The highest BCUT2D eigenvalue weighted by Gasteiger charge is 2.01. The topological polar surface area (TPSA) is 89.1 Å². The molecule has 70 valence electrons. The van der Waals surface area contributed by atoms with Crippen LogP contribution in [0, 0.1) is 0 Å². The van der Waals surface area contributed by atoms with Gasteiger partial charge in [0.05, 0.1) is 6.54 Å². The Morgan fingerprint density at radius 2 is 2.23 bits per heavy atom. The van der Waals surface area contributed by atoms with E-state index >= 15 is 0 Å². The highest BCUT2D eigenvalue weighted by atomic mass is 35.5. The molecule has 2 aromatic heterocycles. The molecule has 0 unspecified atom stereocenters. The van der Waals surface area contributed by atoms with Crippen molar-refractivity contribution in [2.75, 3.05) is 0 Å². The van der Waals surface area contributed by atoms with Crippen LogP contribution in [0.5, 0.6) is 0 Å². The smallest absolute Gasteiger partial charge is 0.263 e. The molecule has 13 heavy (non-hydrogen) atoms. The summed E-state index contributed by atoms with van der Waals surface area (Å²) in [5.74, 6) is 0.544. The van der Waals surface area contributed by atoms with E-state index in [4.69, 9.17) is 5.73 Å². The Balaban J connectivity index is 0.000000845. The molecule has 0 atom stereocenters. The second kappa shape index (κ2) is 3.55. The Labute approximate surface area is 79.2 Å². The number of hydrogen-bond acceptors (Lipinski definition) is 4. The Morgan fingerprint density at radius 3 is 2.92 bits per heavy atom. The lowest BCUT2D eigenvalue weighted by Gasteiger charge is -1.93. The lowest BCUT2D eigenvalue weighted by Crippen LogP contribution is -2.12. The normalized spacial score (nSPS) is 9.92. The maximum absolute atomic E-state index is 10.9. The summed E-state index contributed by atoms with van der Waals surface area (Å²) in [6, 6.07) is 2.98. The molecule has 0 amide bonds. The lowest BCUT2D eigenvalue weighted by molar-refractivity contribution is 0.795. The minimum Gasteiger partial charge on any atom is -0.324 e. The first-order chi connectivity index (χ1) is 5.81. The van der Waals surface area contributed by atoms with Gasteiger partial charge in [0.25, 0.3) is 5.56 Å². The van der Waals surface area contributed by atoms with Gasteiger partial charge in [-0.1, -0.05) is 0 Å². The van der Waals surface area contributed by atoms with Crippen LogP contribution in [0.3, 0.4) is 0 Å². The van der Waals surface area contributed by atoms with Gasteiger partial charge in [0, 0.05) is 6.07 Å². The maximum Gasteiger partial charge on any atom is 0.263 e. The quantitative estimate of drug-likeness (QED) is 0.639. The summed E-state index contributed by atoms with van der Waals surface area (Å²) < 4.78 is 1.47. The maximum atomic E-state index is 10.9. The van der Waals surface area contributed by atoms with Gasteiger partial charge in [0.15, 0.2) is 11.5 Å². The molecule has 0 radical (unpaired) electrons. The molecule has 2 rings (SSSR count). The summed E-state index contributed by atoms with van der Waals surface area (Å²) in [4.78, 5) is 10.9. The molecule has 0 fully saturated rings. The number of nitrogens with one attached hydrogen (secondary N) is 1. The average Bonchev–Trinajstić information content (AvgIpc) is 2.46. The molecule has 0 aliphatic carbocycles. The zero-order chi connectivity index (χ0) is 8.55. The number of rotatable bonds is 1. The molecule has 2 heterocycles. The summed E-state index contributed by atoms with van der Waals surface area (Å²) in [6.45, 7) is 0.251. The first kappa shape index (κ1) is 9.69. The van der Waals surface area contributed by atoms with Crippen LogP contribution in [0.4, 0.5) is 0 Å². The summed E-state index contributed by atoms with van der Waals surface area (Å²) in [6.07, 6.45) is 0. The molecule has 0 bridgehead atoms. The predicted molar refractivity (Wildman–Crippen MR) is 48.7 cm³/mol. The third-order valence-electron chi connectivity index (χ3n) is 1.54. The van der Waals surface area contributed by atoms with Crippen molar-refractivity contribution >= 4 is 18.1 Å². The number of nitrogens with two attached hydrogens (primary N) is 1. The number of fused-ring (bicyclic) bond motifs is 1. The number of aromatic nitrogens is 4. The number of H-pyrrole nitrogens is 1. The third-order valence-corrected chi connectivity index (χ3v) is 1.54. The van der Waals surface area contributed by atoms with Crippen molar-refractivity contribution in [2.45, 2.75) is 6.54 Å². The van der Waals surface area contributed by atoms with Gasteiger partial charge in [0.1, 0.15) is 0 Å². The molecule has 3 N–H and O–H groups in total. The fourth-order valence-electron chi connectivity index (χ4n) is 0.990. The number of halogens is 1. The first-order valence-corrected chi connectivity index (χ1v) is 3.44. The third kappa shape index (κ3) is 1.53. The molecule has 0 aromatic carbocycles. The van der Waals surface area contributed by atoms with Crippen LogP contribution >= 0.6 is 12.4 Å². The molecule has 6 nitrogen and oxygen atoms in total. The lowest BCUT2D eigenvalue weighted by atomic mass is 10.5. The largest absolute Gasteiger partial charge is 0.324 e. The van der Waals surface area contributed by atoms with E-state index in [1.807, 2.05) is 0 Å². The van der Waals surface area contributed by atoms with E-state index in [1.54, 1.807) is 6.07 Å². The van der Waals surface area contributed by atoms with Gasteiger partial charge in [-0.2, -0.15) is 0 Å². The van der Waals surface area contributed by atoms with Gasteiger partial charge in [-0.05, 0) is 6.07 Å². The summed E-state index contributed by atoms with van der Waals surface area (Å²) >= 11 is 0. The molecule has 7 heteroatoms. The van der Waals surface area contributed by atoms with Gasteiger partial charge in [-0.15, -0.1) is 22.6 Å². The van der Waals surface area contributed by atoms with Gasteiger partial charge < -0.3 is 5.73 Å². The van der Waals surface area contributed by atoms with Crippen molar-refractivity contribution in [3.05, 3.63) is 28.3 Å². The van der Waals surface area contributed by atoms with Crippen molar-refractivity contribution in [2.24, 2.45) is 5.73 Å². The van der Waals surface area contributed by atoms with Crippen LogP contribution in [0.1, 0.15) is 5.82 Å². The number of hydrogen-bond donors (Lipinski definition) is 2. The Kier molecular flexibility index (Phi) is 2.64. The van der Waals surface area contributed by atoms with Crippen molar-refractivity contribution in [3.63, 3.8) is 0 Å². The van der Waals surface area contributed by atoms with E-state index in [9.17, 15) is 4.79 Å². The minimum absolute atomic E-state index is 0. The Hall–Kier alpha value is -1.40. The van der Waals surface area contributed by atoms with Crippen LogP contribution < -0.4 is 11.3 Å². The summed E-state index contributed by atoms with van der Waals surface area (Å²) in [5.41, 5.74) is 5.76. The second-order valence-electron chi connectivity index (χ2n) is 2.32. The van der Waals surface area contributed by atoms with E-state index in [-0.39, 0.29) is 24.5 Å². The van der Waals surface area contributed by atoms with Crippen LogP contribution in [0.25, 0.3) is 5.65 Å². The molecule has 2 aromatic rings. The van der Waals surface area contributed by atoms with Gasteiger partial charge in [-0.3, -0.25) is 9.89 Å². The van der Waals surface area contributed by atoms with Gasteiger partial charge >= 0.3 is 0 Å². The highest BCUT2D eigenvalue weighted by molar-refractivity contribution is 5.85. The second-order valence-corrected chi connectivity index (χ2v) is 2.32. The fraction of sp³-hybridized carbons (Fsp3) is 0.167. The zero-order valence-electron chi connectivity index (χ0n) is 6.60. The van der Waals surface area contributed by atoms with E-state index in [0.29, 0.717) is 11.5 Å². The molecule has 0 spiro atoms. The Bertz CT molecular complexity index is 461. The molecule has 0 saturated carbocycles. The molecule has 0 aliphatic rings. The van der Waals surface area contributed by atoms with Crippen LogP contribution in [0.15, 0.2) is 16.9 Å². The van der Waals surface area contributed by atoms with Crippen molar-refractivity contribution in [1.82, 2.24) is 19.8 Å². The van der Waals surface area contributed by atoms with Gasteiger partial charge in [-0.25, -0.2) is 4.52 Å². The molecule has 0 saturated heterocycles. The monoisotopic (exact) mass is 201 g/mol. The summed E-state index contributed by atoms with van der Waals surface area (Å²) in [7, 11) is 0. The molecular formula is C6H8ClN5O. The van der Waals surface area contributed by atoms with Gasteiger partial charge in [0.2, 0.25) is 0 Å². The highest BCUT2D eigenvalue weighted by Crippen LogP contribution is 1.95. The van der Waals surface area contributed by atoms with E-state index in [0.717, 1.165) is 0 Å². The number of nitrogens with zero attached hydrogens (tertiary/aromatic N) is 3. The Morgan fingerprint density at radius 1 is 1.46 bits per heavy atom. The van der Waals surface area contributed by atoms with E-state index in [2.05, 4.69) is 15.3 Å². The van der Waals surface area contributed by atoms with Crippen molar-refractivity contribution < 1.29 is 0 Å². The van der Waals surface area contributed by atoms with E-state index < -0.39 is 0 Å². The average molecular weight is 202 g/mol. The number of aromatic amines is 1. The van der Waals surface area contributed by atoms with Crippen LogP contribution in [-0.2, 0) is 6.54 Å². The molecule has 0 aliphatic heterocycles. The summed E-state index contributed by atoms with van der Waals surface area (Å²) in [5, 5.41) is 10.1. The van der Waals surface area contributed by atoms with E-state index in [1.165, 1.54) is 10.6 Å². The van der Waals surface area contributed by atoms with Crippen molar-refractivity contribution in [1.29, 1.82) is 0 Å². The van der Waals surface area contributed by atoms with Crippen LogP contribution in [-0.4, -0.2) is 19.8 Å². The van der Waals surface area contributed by atoms with Crippen LogP contribution in [0.2, 0.25) is 0 Å². The minimum atomic E-state index is -0.197. The zero-order valence-corrected chi connectivity index (χ0v) is 7.41. The molecular weight excluding hydrogens is 194 g/mol. The predicted octanol–water partition coefficient (Wildman–Crippen LogP) is -0.702. The first-order valence-electron chi connectivity index (χ1n) is 3.44. The van der Waals surface area contributed by atoms with Crippen molar-refractivity contribution in [3.8, 4) is 0 Å². The fourth-order valence-corrected chi connectivity index (χ4v) is 0.990.